The van der Waals surface area contributed by atoms with Gasteiger partial charge in [-0.05, 0) is 44.9 Å². The Hall–Kier alpha value is -2.04. The molecule has 5 heteroatoms. The van der Waals surface area contributed by atoms with E-state index in [0.717, 1.165) is 26.2 Å². The van der Waals surface area contributed by atoms with E-state index in [0.29, 0.717) is 13.0 Å². The van der Waals surface area contributed by atoms with Gasteiger partial charge in [-0.3, -0.25) is 9.59 Å². The van der Waals surface area contributed by atoms with Gasteiger partial charge in [0.25, 0.3) is 0 Å². The molecule has 138 valence electrons. The van der Waals surface area contributed by atoms with Gasteiger partial charge in [-0.2, -0.15) is 0 Å². The number of aryl methyl sites for hydroxylation is 1. The number of hydrogen-bond donors (Lipinski definition) is 0. The molecule has 0 aromatic heterocycles. The van der Waals surface area contributed by atoms with Crippen LogP contribution in [0.3, 0.4) is 0 Å². The lowest BCUT2D eigenvalue weighted by atomic mass is 10.1. The molecule has 0 spiro atoms. The second-order valence-electron chi connectivity index (χ2n) is 7.14. The molecule has 1 fully saturated rings. The number of amides is 2. The molecule has 0 aliphatic carbocycles. The van der Waals surface area contributed by atoms with Crippen LogP contribution in [0.25, 0.3) is 0 Å². The fourth-order valence-electron chi connectivity index (χ4n) is 3.43. The molecule has 0 radical (unpaired) electrons. The maximum atomic E-state index is 12.5. The molecule has 0 saturated carbocycles. The molecule has 1 saturated heterocycles. The van der Waals surface area contributed by atoms with Crippen molar-refractivity contribution in [3.05, 3.63) is 29.3 Å². The molecular weight excluding hydrogens is 314 g/mol. The van der Waals surface area contributed by atoms with Crippen LogP contribution in [0.1, 0.15) is 38.3 Å². The Labute approximate surface area is 151 Å². The van der Waals surface area contributed by atoms with Crippen LogP contribution in [0.15, 0.2) is 18.2 Å². The van der Waals surface area contributed by atoms with Gasteiger partial charge in [0.15, 0.2) is 0 Å². The smallest absolute Gasteiger partial charge is 0.224 e. The van der Waals surface area contributed by atoms with Gasteiger partial charge in [0.2, 0.25) is 11.8 Å². The molecule has 0 N–H and O–H groups in total. The van der Waals surface area contributed by atoms with Crippen LogP contribution in [0, 0.1) is 13.8 Å². The van der Waals surface area contributed by atoms with Crippen molar-refractivity contribution in [1.82, 2.24) is 9.80 Å². The largest absolute Gasteiger partial charge is 0.368 e. The molecule has 2 rings (SSSR count). The van der Waals surface area contributed by atoms with Crippen molar-refractivity contribution in [3.63, 3.8) is 0 Å². The Bertz CT molecular complexity index is 619. The number of nitrogens with zero attached hydrogens (tertiary/aromatic N) is 3. The van der Waals surface area contributed by atoms with E-state index in [-0.39, 0.29) is 17.9 Å². The number of benzene rings is 1. The molecule has 2 amide bonds. The molecule has 5 nitrogen and oxygen atoms in total. The van der Waals surface area contributed by atoms with Crippen LogP contribution in [-0.4, -0.2) is 60.4 Å². The minimum atomic E-state index is 0.0301. The van der Waals surface area contributed by atoms with E-state index in [4.69, 9.17) is 0 Å². The average Bonchev–Trinajstić information content (AvgIpc) is 2.57. The summed E-state index contributed by atoms with van der Waals surface area (Å²) in [4.78, 5) is 30.2. The number of anilines is 1. The maximum absolute atomic E-state index is 12.5. The van der Waals surface area contributed by atoms with Crippen LogP contribution in [0.4, 0.5) is 5.69 Å². The third kappa shape index (κ3) is 4.74. The number of carbonyl (C=O) groups excluding carboxylic acids is 2. The van der Waals surface area contributed by atoms with Gasteiger partial charge in [-0.15, -0.1) is 0 Å². The summed E-state index contributed by atoms with van der Waals surface area (Å²) in [7, 11) is 0. The van der Waals surface area contributed by atoms with Crippen molar-refractivity contribution in [1.29, 1.82) is 0 Å². The second-order valence-corrected chi connectivity index (χ2v) is 7.14. The fraction of sp³-hybridized carbons (Fsp3) is 0.600. The Kier molecular flexibility index (Phi) is 6.45. The number of carbonyl (C=O) groups is 2. The van der Waals surface area contributed by atoms with Crippen molar-refractivity contribution in [2.45, 2.75) is 47.1 Å². The molecule has 0 atom stereocenters. The first-order valence-corrected chi connectivity index (χ1v) is 9.17. The normalized spacial score (nSPS) is 14.8. The highest BCUT2D eigenvalue weighted by atomic mass is 16.2. The van der Waals surface area contributed by atoms with E-state index in [1.807, 2.05) is 18.7 Å². The van der Waals surface area contributed by atoms with E-state index >= 15 is 0 Å². The Balaban J connectivity index is 1.88. The van der Waals surface area contributed by atoms with E-state index in [1.165, 1.54) is 16.8 Å². The van der Waals surface area contributed by atoms with Crippen molar-refractivity contribution in [2.24, 2.45) is 0 Å². The van der Waals surface area contributed by atoms with Crippen molar-refractivity contribution in [2.75, 3.05) is 37.6 Å². The summed E-state index contributed by atoms with van der Waals surface area (Å²) in [6, 6.07) is 6.52. The lowest BCUT2D eigenvalue weighted by molar-refractivity contribution is -0.134. The molecule has 1 aliphatic heterocycles. The van der Waals surface area contributed by atoms with Gasteiger partial charge >= 0.3 is 0 Å². The summed E-state index contributed by atoms with van der Waals surface area (Å²) in [6.45, 7) is 13.5. The number of piperazine rings is 1. The quantitative estimate of drug-likeness (QED) is 0.824. The standard InChI is InChI=1S/C20H31N3O2/c1-15(2)23(18(5)24)10-9-20(25)22-13-11-21(12-14-22)19-8-6-7-16(3)17(19)4/h6-8,15H,9-14H2,1-5H3. The predicted molar refractivity (Wildman–Crippen MR) is 102 cm³/mol. The number of hydrogen-bond acceptors (Lipinski definition) is 3. The van der Waals surface area contributed by atoms with Crippen molar-refractivity contribution in [3.8, 4) is 0 Å². The summed E-state index contributed by atoms with van der Waals surface area (Å²) >= 11 is 0. The van der Waals surface area contributed by atoms with Gasteiger partial charge < -0.3 is 14.7 Å². The van der Waals surface area contributed by atoms with Crippen LogP contribution < -0.4 is 4.90 Å². The van der Waals surface area contributed by atoms with Crippen LogP contribution in [-0.2, 0) is 9.59 Å². The zero-order valence-corrected chi connectivity index (χ0v) is 16.2. The third-order valence-corrected chi connectivity index (χ3v) is 5.14. The van der Waals surface area contributed by atoms with E-state index in [9.17, 15) is 9.59 Å². The second kappa shape index (κ2) is 8.37. The summed E-state index contributed by atoms with van der Waals surface area (Å²) < 4.78 is 0. The van der Waals surface area contributed by atoms with Crippen LogP contribution in [0.2, 0.25) is 0 Å². The molecule has 1 aromatic carbocycles. The zero-order chi connectivity index (χ0) is 18.6. The van der Waals surface area contributed by atoms with Crippen LogP contribution in [0.5, 0.6) is 0 Å². The monoisotopic (exact) mass is 345 g/mol. The molecule has 0 unspecified atom stereocenters. The SMILES string of the molecule is CC(=O)N(CCC(=O)N1CCN(c2cccc(C)c2C)CC1)C(C)C. The Morgan fingerprint density at radius 3 is 2.32 bits per heavy atom. The van der Waals surface area contributed by atoms with E-state index in [2.05, 4.69) is 36.9 Å². The summed E-state index contributed by atoms with van der Waals surface area (Å²) in [6.07, 6.45) is 0.404. The highest BCUT2D eigenvalue weighted by molar-refractivity contribution is 5.78. The lowest BCUT2D eigenvalue weighted by Gasteiger charge is -2.37. The minimum Gasteiger partial charge on any atom is -0.368 e. The lowest BCUT2D eigenvalue weighted by Crippen LogP contribution is -2.49. The van der Waals surface area contributed by atoms with Gasteiger partial charge in [-0.1, -0.05) is 12.1 Å². The highest BCUT2D eigenvalue weighted by Crippen LogP contribution is 2.24. The van der Waals surface area contributed by atoms with Crippen molar-refractivity contribution >= 4 is 17.5 Å². The van der Waals surface area contributed by atoms with Gasteiger partial charge in [0.1, 0.15) is 0 Å². The molecule has 25 heavy (non-hydrogen) atoms. The highest BCUT2D eigenvalue weighted by Gasteiger charge is 2.23. The first-order valence-electron chi connectivity index (χ1n) is 9.17. The summed E-state index contributed by atoms with van der Waals surface area (Å²) in [5.74, 6) is 0.176. The Morgan fingerprint density at radius 2 is 1.76 bits per heavy atom. The first kappa shape index (κ1) is 19.3. The molecule has 1 aliphatic rings. The third-order valence-electron chi connectivity index (χ3n) is 5.14. The summed E-state index contributed by atoms with van der Waals surface area (Å²) in [5.41, 5.74) is 3.89. The van der Waals surface area contributed by atoms with Crippen molar-refractivity contribution < 1.29 is 9.59 Å². The zero-order valence-electron chi connectivity index (χ0n) is 16.2. The van der Waals surface area contributed by atoms with Gasteiger partial charge in [0.05, 0.1) is 0 Å². The van der Waals surface area contributed by atoms with Gasteiger partial charge in [-0.25, -0.2) is 0 Å². The van der Waals surface area contributed by atoms with Crippen LogP contribution >= 0.6 is 0 Å². The molecular formula is C20H31N3O2. The predicted octanol–water partition coefficient (Wildman–Crippen LogP) is 2.60. The van der Waals surface area contributed by atoms with E-state index < -0.39 is 0 Å². The average molecular weight is 345 g/mol. The summed E-state index contributed by atoms with van der Waals surface area (Å²) in [5, 5.41) is 0. The molecule has 0 bridgehead atoms. The Morgan fingerprint density at radius 1 is 1.12 bits per heavy atom. The molecule has 1 aromatic rings. The fourth-order valence-corrected chi connectivity index (χ4v) is 3.43. The first-order chi connectivity index (χ1) is 11.8. The van der Waals surface area contributed by atoms with Gasteiger partial charge in [0, 0.05) is 57.8 Å². The molecule has 1 heterocycles. The number of rotatable bonds is 5. The topological polar surface area (TPSA) is 43.9 Å². The maximum Gasteiger partial charge on any atom is 0.224 e. The minimum absolute atomic E-state index is 0.0301. The van der Waals surface area contributed by atoms with E-state index in [1.54, 1.807) is 11.8 Å².